The third-order valence-electron chi connectivity index (χ3n) is 2.82. The van der Waals surface area contributed by atoms with Gasteiger partial charge in [0, 0.05) is 24.0 Å². The van der Waals surface area contributed by atoms with Crippen molar-refractivity contribution >= 4 is 29.0 Å². The van der Waals surface area contributed by atoms with Gasteiger partial charge in [0.05, 0.1) is 11.8 Å². The maximum absolute atomic E-state index is 12.8. The van der Waals surface area contributed by atoms with Crippen molar-refractivity contribution in [3.8, 4) is 0 Å². The molecule has 3 rings (SSSR count). The van der Waals surface area contributed by atoms with Gasteiger partial charge in [-0.1, -0.05) is 11.6 Å². The topological polar surface area (TPSA) is 72.2 Å². The maximum atomic E-state index is 12.8. The van der Waals surface area contributed by atoms with E-state index in [9.17, 15) is 9.18 Å². The van der Waals surface area contributed by atoms with E-state index in [0.29, 0.717) is 16.9 Å². The molecule has 0 spiro atoms. The van der Waals surface area contributed by atoms with Crippen LogP contribution in [0.1, 0.15) is 15.9 Å². The predicted molar refractivity (Wildman–Crippen MR) is 75.0 cm³/mol. The molecule has 0 unspecified atom stereocenters. The van der Waals surface area contributed by atoms with Gasteiger partial charge in [-0.05, 0) is 12.1 Å². The first-order valence-electron chi connectivity index (χ1n) is 5.99. The molecule has 0 aromatic carbocycles. The lowest BCUT2D eigenvalue weighted by Crippen LogP contribution is -2.15. The number of carbonyl (C=O) groups excluding carboxylic acids is 1. The quantitative estimate of drug-likeness (QED) is 0.755. The van der Waals surface area contributed by atoms with Crippen LogP contribution in [-0.4, -0.2) is 25.5 Å². The van der Waals surface area contributed by atoms with Crippen molar-refractivity contribution in [3.63, 3.8) is 0 Å². The number of aromatic nitrogens is 4. The first-order valence-corrected chi connectivity index (χ1v) is 6.37. The summed E-state index contributed by atoms with van der Waals surface area (Å²) in [5, 5.41) is 6.79. The Hall–Kier alpha value is -2.54. The van der Waals surface area contributed by atoms with Crippen molar-refractivity contribution in [2.24, 2.45) is 0 Å². The van der Waals surface area contributed by atoms with Crippen molar-refractivity contribution in [1.29, 1.82) is 0 Å². The Bertz CT molecular complexity index is 805. The van der Waals surface area contributed by atoms with Gasteiger partial charge in [0.1, 0.15) is 17.6 Å². The van der Waals surface area contributed by atoms with Crippen LogP contribution in [0.5, 0.6) is 0 Å². The number of pyridine rings is 1. The van der Waals surface area contributed by atoms with Gasteiger partial charge in [-0.25, -0.2) is 9.37 Å². The smallest absolute Gasteiger partial charge is 0.258 e. The highest BCUT2D eigenvalue weighted by atomic mass is 35.5. The van der Waals surface area contributed by atoms with E-state index in [-0.39, 0.29) is 16.7 Å². The van der Waals surface area contributed by atoms with E-state index >= 15 is 0 Å². The third-order valence-corrected chi connectivity index (χ3v) is 3.02. The molecule has 0 aliphatic heterocycles. The van der Waals surface area contributed by atoms with Gasteiger partial charge < -0.3 is 5.32 Å². The van der Waals surface area contributed by atoms with Gasteiger partial charge in [-0.2, -0.15) is 9.61 Å². The summed E-state index contributed by atoms with van der Waals surface area (Å²) in [4.78, 5) is 20.0. The Labute approximate surface area is 123 Å². The van der Waals surface area contributed by atoms with E-state index < -0.39 is 6.67 Å². The van der Waals surface area contributed by atoms with E-state index in [0.717, 1.165) is 0 Å². The predicted octanol–water partition coefficient (Wildman–Crippen LogP) is 2.50. The standard InChI is InChI=1S/C13H9ClFN5O/c14-10-4-11(19-13(21)8-2-1-3-16-6-8)20-12(18-10)9(5-15)7-17-20/h1-4,6-7H,5H2,(H,19,21). The molecule has 0 aliphatic rings. The third kappa shape index (κ3) is 2.55. The summed E-state index contributed by atoms with van der Waals surface area (Å²) >= 11 is 5.90. The highest BCUT2D eigenvalue weighted by molar-refractivity contribution is 6.29. The van der Waals surface area contributed by atoms with Crippen LogP contribution in [0.25, 0.3) is 5.65 Å². The Kier molecular flexibility index (Phi) is 3.49. The largest absolute Gasteiger partial charge is 0.306 e. The van der Waals surface area contributed by atoms with E-state index in [1.807, 2.05) is 0 Å². The van der Waals surface area contributed by atoms with Crippen molar-refractivity contribution in [2.45, 2.75) is 6.67 Å². The Morgan fingerprint density at radius 2 is 2.29 bits per heavy atom. The molecule has 6 nitrogen and oxygen atoms in total. The maximum Gasteiger partial charge on any atom is 0.258 e. The minimum absolute atomic E-state index is 0.138. The van der Waals surface area contributed by atoms with Crippen LogP contribution < -0.4 is 5.32 Å². The molecule has 21 heavy (non-hydrogen) atoms. The molecule has 0 atom stereocenters. The van der Waals surface area contributed by atoms with Crippen LogP contribution in [-0.2, 0) is 6.67 Å². The van der Waals surface area contributed by atoms with Crippen LogP contribution in [0.15, 0.2) is 36.8 Å². The van der Waals surface area contributed by atoms with Crippen molar-refractivity contribution in [3.05, 3.63) is 53.1 Å². The molecule has 0 fully saturated rings. The molecular formula is C13H9ClFN5O. The van der Waals surface area contributed by atoms with Gasteiger partial charge in [-0.3, -0.25) is 9.78 Å². The van der Waals surface area contributed by atoms with E-state index in [4.69, 9.17) is 11.6 Å². The molecule has 0 radical (unpaired) electrons. The van der Waals surface area contributed by atoms with Gasteiger partial charge in [0.2, 0.25) is 0 Å². The number of rotatable bonds is 3. The first-order chi connectivity index (χ1) is 10.2. The SMILES string of the molecule is O=C(Nc1cc(Cl)nc2c(CF)cnn12)c1cccnc1. The minimum atomic E-state index is -0.715. The number of fused-ring (bicyclic) bond motifs is 1. The number of nitrogens with one attached hydrogen (secondary N) is 1. The molecule has 1 amide bonds. The number of alkyl halides is 1. The van der Waals surface area contributed by atoms with Crippen LogP contribution >= 0.6 is 11.6 Å². The average Bonchev–Trinajstić information content (AvgIpc) is 2.91. The van der Waals surface area contributed by atoms with Gasteiger partial charge in [0.25, 0.3) is 5.91 Å². The molecule has 0 aliphatic carbocycles. The molecular weight excluding hydrogens is 297 g/mol. The summed E-state index contributed by atoms with van der Waals surface area (Å²) in [5.74, 6) is -0.0671. The fourth-order valence-electron chi connectivity index (χ4n) is 1.85. The number of hydrogen-bond acceptors (Lipinski definition) is 4. The number of halogens is 2. The van der Waals surface area contributed by atoms with Crippen molar-refractivity contribution in [2.75, 3.05) is 5.32 Å². The summed E-state index contributed by atoms with van der Waals surface area (Å²) in [6, 6.07) is 4.72. The normalized spacial score (nSPS) is 10.8. The second-order valence-electron chi connectivity index (χ2n) is 4.20. The molecule has 3 heterocycles. The van der Waals surface area contributed by atoms with Crippen LogP contribution in [0.3, 0.4) is 0 Å². The summed E-state index contributed by atoms with van der Waals surface area (Å²) in [6.45, 7) is -0.715. The minimum Gasteiger partial charge on any atom is -0.306 e. The first kappa shape index (κ1) is 13.4. The highest BCUT2D eigenvalue weighted by Gasteiger charge is 2.13. The highest BCUT2D eigenvalue weighted by Crippen LogP contribution is 2.20. The number of carbonyl (C=O) groups is 1. The molecule has 1 N–H and O–H groups in total. The average molecular weight is 306 g/mol. The zero-order valence-electron chi connectivity index (χ0n) is 10.6. The van der Waals surface area contributed by atoms with Gasteiger partial charge in [0.15, 0.2) is 5.65 Å². The van der Waals surface area contributed by atoms with Crippen LogP contribution in [0, 0.1) is 0 Å². The molecule has 0 saturated heterocycles. The molecule has 3 aromatic heterocycles. The second-order valence-corrected chi connectivity index (χ2v) is 4.59. The van der Waals surface area contributed by atoms with Crippen molar-refractivity contribution in [1.82, 2.24) is 19.6 Å². The Morgan fingerprint density at radius 1 is 1.43 bits per heavy atom. The number of hydrogen-bond donors (Lipinski definition) is 1. The molecule has 0 saturated carbocycles. The fraction of sp³-hybridized carbons (Fsp3) is 0.0769. The lowest BCUT2D eigenvalue weighted by molar-refractivity contribution is 0.102. The second kappa shape index (κ2) is 5.45. The number of nitrogens with zero attached hydrogens (tertiary/aromatic N) is 4. The van der Waals surface area contributed by atoms with Crippen LogP contribution in [0.2, 0.25) is 5.15 Å². The van der Waals surface area contributed by atoms with E-state index in [2.05, 4.69) is 20.4 Å². The van der Waals surface area contributed by atoms with Crippen molar-refractivity contribution < 1.29 is 9.18 Å². The molecule has 8 heteroatoms. The van der Waals surface area contributed by atoms with E-state index in [1.165, 1.54) is 23.0 Å². The molecule has 106 valence electrons. The summed E-state index contributed by atoms with van der Waals surface area (Å²) in [5.41, 5.74) is 0.956. The number of anilines is 1. The van der Waals surface area contributed by atoms with Crippen LogP contribution in [0.4, 0.5) is 10.2 Å². The molecule has 3 aromatic rings. The van der Waals surface area contributed by atoms with Gasteiger partial charge in [-0.15, -0.1) is 0 Å². The lowest BCUT2D eigenvalue weighted by atomic mass is 10.3. The number of amides is 1. The van der Waals surface area contributed by atoms with E-state index in [1.54, 1.807) is 18.3 Å². The molecule has 0 bridgehead atoms. The monoisotopic (exact) mass is 305 g/mol. The summed E-state index contributed by atoms with van der Waals surface area (Å²) in [7, 11) is 0. The van der Waals surface area contributed by atoms with Gasteiger partial charge >= 0.3 is 0 Å². The zero-order valence-corrected chi connectivity index (χ0v) is 11.4. The Morgan fingerprint density at radius 3 is 3.00 bits per heavy atom. The summed E-state index contributed by atoms with van der Waals surface area (Å²) in [6.07, 6.45) is 4.35. The fourth-order valence-corrected chi connectivity index (χ4v) is 2.03. The Balaban J connectivity index is 2.01. The lowest BCUT2D eigenvalue weighted by Gasteiger charge is -2.07. The summed E-state index contributed by atoms with van der Waals surface area (Å²) < 4.78 is 14.2. The zero-order chi connectivity index (χ0) is 14.8.